The Bertz CT molecular complexity index is 615. The van der Waals surface area contributed by atoms with Crippen LogP contribution in [0.2, 0.25) is 0 Å². The lowest BCUT2D eigenvalue weighted by molar-refractivity contribution is -0.687. The maximum atomic E-state index is 4.32. The van der Waals surface area contributed by atoms with Gasteiger partial charge in [-0.25, -0.2) is 9.55 Å². The Kier molecular flexibility index (Phi) is 2.88. The maximum Gasteiger partial charge on any atom is 0.250 e. The van der Waals surface area contributed by atoms with Gasteiger partial charge in [-0.1, -0.05) is 36.4 Å². The summed E-state index contributed by atoms with van der Waals surface area (Å²) < 4.78 is 4.16. The van der Waals surface area contributed by atoms with Crippen molar-refractivity contribution in [1.82, 2.24) is 9.55 Å². The van der Waals surface area contributed by atoms with E-state index >= 15 is 0 Å². The van der Waals surface area contributed by atoms with E-state index in [0.29, 0.717) is 0 Å². The van der Waals surface area contributed by atoms with Crippen LogP contribution in [0.25, 0.3) is 5.82 Å². The van der Waals surface area contributed by atoms with Gasteiger partial charge in [0.15, 0.2) is 0 Å². The molecule has 3 heteroatoms. The minimum Gasteiger partial charge on any atom is -0.232 e. The number of imidazole rings is 1. The Balaban J connectivity index is 1.82. The van der Waals surface area contributed by atoms with Gasteiger partial charge in [0.25, 0.3) is 6.33 Å². The molecule has 0 unspecified atom stereocenters. The number of hydrogen-bond donors (Lipinski definition) is 0. The number of pyridine rings is 1. The second-order valence-corrected chi connectivity index (χ2v) is 4.17. The molecule has 18 heavy (non-hydrogen) atoms. The Morgan fingerprint density at radius 3 is 2.61 bits per heavy atom. The van der Waals surface area contributed by atoms with Crippen molar-refractivity contribution in [3.8, 4) is 5.82 Å². The summed E-state index contributed by atoms with van der Waals surface area (Å²) in [5.74, 6) is 0.935. The van der Waals surface area contributed by atoms with Gasteiger partial charge in [-0.3, -0.25) is 0 Å². The standard InChI is InChI=1S/C15H14N3/c1-2-6-14(7-3-1)12-17-10-11-18(13-17)15-8-4-5-9-16-15/h1-11,13H,12H2/q+1. The third kappa shape index (κ3) is 2.30. The largest absolute Gasteiger partial charge is 0.250 e. The van der Waals surface area contributed by atoms with Gasteiger partial charge in [0, 0.05) is 12.3 Å². The minimum absolute atomic E-state index is 0.876. The first-order valence-corrected chi connectivity index (χ1v) is 5.94. The molecular formula is C15H14N3+. The van der Waals surface area contributed by atoms with E-state index in [9.17, 15) is 0 Å². The fourth-order valence-corrected chi connectivity index (χ4v) is 1.92. The Hall–Kier alpha value is -2.42. The van der Waals surface area contributed by atoms with E-state index in [-0.39, 0.29) is 0 Å². The fourth-order valence-electron chi connectivity index (χ4n) is 1.92. The van der Waals surface area contributed by atoms with Crippen molar-refractivity contribution >= 4 is 0 Å². The normalized spacial score (nSPS) is 10.4. The smallest absolute Gasteiger partial charge is 0.232 e. The second-order valence-electron chi connectivity index (χ2n) is 4.17. The van der Waals surface area contributed by atoms with Gasteiger partial charge >= 0.3 is 0 Å². The third-order valence-corrected chi connectivity index (χ3v) is 2.81. The van der Waals surface area contributed by atoms with Crippen LogP contribution in [0, 0.1) is 0 Å². The number of benzene rings is 1. The first-order valence-electron chi connectivity index (χ1n) is 5.94. The van der Waals surface area contributed by atoms with Crippen molar-refractivity contribution in [2.75, 3.05) is 0 Å². The van der Waals surface area contributed by atoms with Gasteiger partial charge in [0.05, 0.1) is 0 Å². The number of nitrogens with zero attached hydrogens (tertiary/aromatic N) is 3. The van der Waals surface area contributed by atoms with Crippen LogP contribution in [0.3, 0.4) is 0 Å². The van der Waals surface area contributed by atoms with Gasteiger partial charge in [-0.15, -0.1) is 0 Å². The van der Waals surface area contributed by atoms with Crippen molar-refractivity contribution in [3.63, 3.8) is 0 Å². The third-order valence-electron chi connectivity index (χ3n) is 2.81. The molecule has 0 fully saturated rings. The second kappa shape index (κ2) is 4.84. The van der Waals surface area contributed by atoms with Crippen LogP contribution in [-0.2, 0) is 6.54 Å². The van der Waals surface area contributed by atoms with Gasteiger partial charge < -0.3 is 0 Å². The molecule has 0 N–H and O–H groups in total. The Morgan fingerprint density at radius 1 is 1.00 bits per heavy atom. The van der Waals surface area contributed by atoms with E-state index < -0.39 is 0 Å². The average molecular weight is 236 g/mol. The molecular weight excluding hydrogens is 222 g/mol. The Morgan fingerprint density at radius 2 is 1.83 bits per heavy atom. The zero-order chi connectivity index (χ0) is 12.2. The molecule has 2 aromatic heterocycles. The topological polar surface area (TPSA) is 21.7 Å². The van der Waals surface area contributed by atoms with Gasteiger partial charge in [-0.2, -0.15) is 4.57 Å². The lowest BCUT2D eigenvalue weighted by Crippen LogP contribution is -2.31. The summed E-state index contributed by atoms with van der Waals surface area (Å²) in [5.41, 5.74) is 1.29. The average Bonchev–Trinajstić information content (AvgIpc) is 2.89. The van der Waals surface area contributed by atoms with E-state index in [2.05, 4.69) is 46.3 Å². The predicted octanol–water partition coefficient (Wildman–Crippen LogP) is 2.21. The molecule has 0 radical (unpaired) electrons. The van der Waals surface area contributed by atoms with Crippen molar-refractivity contribution in [2.24, 2.45) is 0 Å². The highest BCUT2D eigenvalue weighted by atomic mass is 15.1. The van der Waals surface area contributed by atoms with Gasteiger partial charge in [-0.05, 0) is 11.6 Å². The van der Waals surface area contributed by atoms with E-state index in [1.54, 1.807) is 6.20 Å². The first kappa shape index (κ1) is 10.7. The van der Waals surface area contributed by atoms with Crippen LogP contribution in [0.15, 0.2) is 73.4 Å². The molecule has 0 bridgehead atoms. The minimum atomic E-state index is 0.876. The monoisotopic (exact) mass is 236 g/mol. The molecule has 0 aliphatic heterocycles. The molecule has 0 saturated heterocycles. The highest BCUT2D eigenvalue weighted by Gasteiger charge is 2.07. The summed E-state index contributed by atoms with van der Waals surface area (Å²) in [5, 5.41) is 0. The van der Waals surface area contributed by atoms with Gasteiger partial charge in [0.1, 0.15) is 18.9 Å². The SMILES string of the molecule is c1ccc(C[n+]2ccn(-c3ccccn3)c2)cc1. The highest BCUT2D eigenvalue weighted by Crippen LogP contribution is 2.02. The van der Waals surface area contributed by atoms with Crippen molar-refractivity contribution in [1.29, 1.82) is 0 Å². The molecule has 0 spiro atoms. The fraction of sp³-hybridized carbons (Fsp3) is 0.0667. The highest BCUT2D eigenvalue weighted by molar-refractivity contribution is 5.20. The van der Waals surface area contributed by atoms with E-state index in [1.807, 2.05) is 35.0 Å². The number of rotatable bonds is 3. The van der Waals surface area contributed by atoms with E-state index in [0.717, 1.165) is 12.4 Å². The lowest BCUT2D eigenvalue weighted by atomic mass is 10.2. The molecule has 3 aromatic rings. The van der Waals surface area contributed by atoms with Crippen LogP contribution in [-0.4, -0.2) is 9.55 Å². The molecule has 0 aliphatic carbocycles. The molecule has 0 atom stereocenters. The van der Waals surface area contributed by atoms with Crippen LogP contribution in [0.4, 0.5) is 0 Å². The zero-order valence-corrected chi connectivity index (χ0v) is 9.98. The summed E-state index contributed by atoms with van der Waals surface area (Å²) in [6.45, 7) is 0.876. The van der Waals surface area contributed by atoms with Crippen LogP contribution in [0.5, 0.6) is 0 Å². The molecule has 0 amide bonds. The van der Waals surface area contributed by atoms with Crippen molar-refractivity contribution < 1.29 is 4.57 Å². The molecule has 0 aliphatic rings. The summed E-state index contributed by atoms with van der Waals surface area (Å²) >= 11 is 0. The first-order chi connectivity index (χ1) is 8.92. The molecule has 88 valence electrons. The Labute approximate surface area is 106 Å². The summed E-state index contributed by atoms with van der Waals surface area (Å²) in [4.78, 5) is 4.32. The summed E-state index contributed by atoms with van der Waals surface area (Å²) in [6, 6.07) is 16.3. The molecule has 3 rings (SSSR count). The quantitative estimate of drug-likeness (QED) is 0.639. The molecule has 0 saturated carbocycles. The zero-order valence-electron chi connectivity index (χ0n) is 9.98. The lowest BCUT2D eigenvalue weighted by Gasteiger charge is -1.96. The maximum absolute atomic E-state index is 4.32. The van der Waals surface area contributed by atoms with Crippen LogP contribution >= 0.6 is 0 Å². The summed E-state index contributed by atoms with van der Waals surface area (Å²) in [6.07, 6.45) is 7.93. The van der Waals surface area contributed by atoms with Crippen LogP contribution < -0.4 is 4.57 Å². The molecule has 1 aromatic carbocycles. The molecule has 3 nitrogen and oxygen atoms in total. The van der Waals surface area contributed by atoms with Crippen molar-refractivity contribution in [3.05, 3.63) is 79.0 Å². The van der Waals surface area contributed by atoms with Gasteiger partial charge in [0.2, 0.25) is 5.82 Å². The molecule has 2 heterocycles. The van der Waals surface area contributed by atoms with Crippen molar-refractivity contribution in [2.45, 2.75) is 6.54 Å². The summed E-state index contributed by atoms with van der Waals surface area (Å²) in [7, 11) is 0. The van der Waals surface area contributed by atoms with E-state index in [4.69, 9.17) is 0 Å². The van der Waals surface area contributed by atoms with Crippen LogP contribution in [0.1, 0.15) is 5.56 Å². The number of aromatic nitrogens is 3. The van der Waals surface area contributed by atoms with E-state index in [1.165, 1.54) is 5.56 Å². The number of hydrogen-bond acceptors (Lipinski definition) is 1. The predicted molar refractivity (Wildman–Crippen MR) is 69.3 cm³/mol.